The molecule has 1 aliphatic rings. The molecule has 3 nitrogen and oxygen atoms in total. The molecule has 0 aliphatic heterocycles. The molecule has 0 spiro atoms. The van der Waals surface area contributed by atoms with Gasteiger partial charge >= 0.3 is 0 Å². The van der Waals surface area contributed by atoms with E-state index >= 15 is 0 Å². The standard InChI is InChI=1S/C11H15ClFN3/c1-11(2-3-11)5-16-10-7(15)4-6(14)8(12)9(10)13/h4,16H,2-3,5,14-15H2,1H3. The van der Waals surface area contributed by atoms with Gasteiger partial charge in [-0.15, -0.1) is 0 Å². The van der Waals surface area contributed by atoms with E-state index < -0.39 is 5.82 Å². The van der Waals surface area contributed by atoms with Crippen molar-refractivity contribution >= 4 is 28.7 Å². The summed E-state index contributed by atoms with van der Waals surface area (Å²) in [6.07, 6.45) is 2.31. The Morgan fingerprint density at radius 3 is 2.62 bits per heavy atom. The molecule has 1 aliphatic carbocycles. The molecule has 88 valence electrons. The third-order valence-corrected chi connectivity index (χ3v) is 3.44. The Balaban J connectivity index is 2.22. The minimum absolute atomic E-state index is 0.0716. The maximum absolute atomic E-state index is 13.8. The molecule has 0 aromatic heterocycles. The average molecular weight is 244 g/mol. The predicted molar refractivity (Wildman–Crippen MR) is 66.1 cm³/mol. The highest BCUT2D eigenvalue weighted by molar-refractivity contribution is 6.33. The summed E-state index contributed by atoms with van der Waals surface area (Å²) in [5.74, 6) is -0.566. The van der Waals surface area contributed by atoms with Gasteiger partial charge in [-0.25, -0.2) is 4.39 Å². The number of nitrogens with one attached hydrogen (secondary N) is 1. The second-order valence-electron chi connectivity index (χ2n) is 4.72. The molecule has 5 N–H and O–H groups in total. The first-order valence-electron chi connectivity index (χ1n) is 5.20. The van der Waals surface area contributed by atoms with Crippen molar-refractivity contribution in [2.75, 3.05) is 23.3 Å². The van der Waals surface area contributed by atoms with Crippen LogP contribution in [0, 0.1) is 11.2 Å². The fraction of sp³-hybridized carbons (Fsp3) is 0.455. The zero-order valence-electron chi connectivity index (χ0n) is 9.11. The van der Waals surface area contributed by atoms with Gasteiger partial charge in [0.2, 0.25) is 0 Å². The highest BCUT2D eigenvalue weighted by Crippen LogP contribution is 2.45. The predicted octanol–water partition coefficient (Wildman–Crippen LogP) is 2.86. The molecule has 0 radical (unpaired) electrons. The number of anilines is 3. The lowest BCUT2D eigenvalue weighted by Gasteiger charge is -2.15. The van der Waals surface area contributed by atoms with E-state index in [4.69, 9.17) is 23.1 Å². The number of halogens is 2. The quantitative estimate of drug-likeness (QED) is 0.716. The summed E-state index contributed by atoms with van der Waals surface area (Å²) in [7, 11) is 0. The highest BCUT2D eigenvalue weighted by Gasteiger charge is 2.37. The smallest absolute Gasteiger partial charge is 0.169 e. The summed E-state index contributed by atoms with van der Waals surface area (Å²) < 4.78 is 13.8. The Labute approximate surface area is 98.9 Å². The Morgan fingerprint density at radius 1 is 1.44 bits per heavy atom. The Bertz CT molecular complexity index is 430. The third-order valence-electron chi connectivity index (χ3n) is 3.06. The average Bonchev–Trinajstić information content (AvgIpc) is 2.93. The van der Waals surface area contributed by atoms with Crippen LogP contribution in [0.15, 0.2) is 6.07 Å². The fourth-order valence-electron chi connectivity index (χ4n) is 1.54. The Morgan fingerprint density at radius 2 is 2.06 bits per heavy atom. The number of nitrogens with two attached hydrogens (primary N) is 2. The van der Waals surface area contributed by atoms with Crippen LogP contribution in [-0.4, -0.2) is 6.54 Å². The molecule has 0 unspecified atom stereocenters. The fourth-order valence-corrected chi connectivity index (χ4v) is 1.69. The summed E-state index contributed by atoms with van der Waals surface area (Å²) in [6, 6.07) is 1.48. The van der Waals surface area contributed by atoms with Gasteiger partial charge in [0, 0.05) is 6.54 Å². The van der Waals surface area contributed by atoms with Crippen molar-refractivity contribution in [2.45, 2.75) is 19.8 Å². The monoisotopic (exact) mass is 243 g/mol. The molecule has 0 saturated heterocycles. The Hall–Kier alpha value is -1.16. The first-order chi connectivity index (χ1) is 7.43. The van der Waals surface area contributed by atoms with Gasteiger partial charge in [-0.2, -0.15) is 0 Å². The Kier molecular flexibility index (Phi) is 2.62. The SMILES string of the molecule is CC1(CNc2c(N)cc(N)c(Cl)c2F)CC1. The van der Waals surface area contributed by atoms with Gasteiger partial charge in [-0.3, -0.25) is 0 Å². The molecule has 0 heterocycles. The molecular weight excluding hydrogens is 229 g/mol. The van der Waals surface area contributed by atoms with Crippen LogP contribution in [0.2, 0.25) is 5.02 Å². The van der Waals surface area contributed by atoms with Gasteiger partial charge in [0.05, 0.1) is 17.1 Å². The molecule has 2 rings (SSSR count). The van der Waals surface area contributed by atoms with Crippen LogP contribution < -0.4 is 16.8 Å². The minimum atomic E-state index is -0.566. The summed E-state index contributed by atoms with van der Waals surface area (Å²) >= 11 is 5.72. The zero-order chi connectivity index (χ0) is 11.9. The van der Waals surface area contributed by atoms with E-state index in [9.17, 15) is 4.39 Å². The van der Waals surface area contributed by atoms with Gasteiger partial charge in [-0.1, -0.05) is 18.5 Å². The normalized spacial score (nSPS) is 17.2. The van der Waals surface area contributed by atoms with E-state index in [0.717, 1.165) is 12.8 Å². The summed E-state index contributed by atoms with van der Waals surface area (Å²) in [6.45, 7) is 2.85. The largest absolute Gasteiger partial charge is 0.397 e. The number of benzene rings is 1. The molecule has 0 amide bonds. The van der Waals surface area contributed by atoms with Crippen LogP contribution in [0.5, 0.6) is 0 Å². The van der Waals surface area contributed by atoms with Crippen LogP contribution in [-0.2, 0) is 0 Å². The molecule has 0 bridgehead atoms. The van der Waals surface area contributed by atoms with Crippen LogP contribution >= 0.6 is 11.6 Å². The van der Waals surface area contributed by atoms with Crippen LogP contribution in [0.3, 0.4) is 0 Å². The van der Waals surface area contributed by atoms with Gasteiger partial charge in [0.15, 0.2) is 5.82 Å². The molecular formula is C11H15ClFN3. The van der Waals surface area contributed by atoms with Crippen molar-refractivity contribution < 1.29 is 4.39 Å². The lowest BCUT2D eigenvalue weighted by molar-refractivity contribution is 0.598. The van der Waals surface area contributed by atoms with Crippen molar-refractivity contribution in [3.05, 3.63) is 16.9 Å². The molecule has 1 saturated carbocycles. The first kappa shape index (κ1) is 11.3. The molecule has 5 heteroatoms. The van der Waals surface area contributed by atoms with Gasteiger partial charge < -0.3 is 16.8 Å². The number of hydrogen-bond donors (Lipinski definition) is 3. The van der Waals surface area contributed by atoms with Crippen molar-refractivity contribution in [1.82, 2.24) is 0 Å². The van der Waals surface area contributed by atoms with E-state index in [-0.39, 0.29) is 21.8 Å². The zero-order valence-corrected chi connectivity index (χ0v) is 9.87. The van der Waals surface area contributed by atoms with Crippen LogP contribution in [0.4, 0.5) is 21.5 Å². The van der Waals surface area contributed by atoms with Gasteiger partial charge in [0.1, 0.15) is 5.02 Å². The summed E-state index contributed by atoms with van der Waals surface area (Å²) in [5, 5.41) is 2.94. The first-order valence-corrected chi connectivity index (χ1v) is 5.57. The maximum Gasteiger partial charge on any atom is 0.169 e. The molecule has 1 fully saturated rings. The second-order valence-corrected chi connectivity index (χ2v) is 5.10. The van der Waals surface area contributed by atoms with Gasteiger partial charge in [0.25, 0.3) is 0 Å². The molecule has 16 heavy (non-hydrogen) atoms. The lowest BCUT2D eigenvalue weighted by atomic mass is 10.1. The number of nitrogen functional groups attached to an aromatic ring is 2. The number of hydrogen-bond acceptors (Lipinski definition) is 3. The van der Waals surface area contributed by atoms with E-state index in [1.54, 1.807) is 0 Å². The lowest BCUT2D eigenvalue weighted by Crippen LogP contribution is -2.14. The van der Waals surface area contributed by atoms with Gasteiger partial charge in [-0.05, 0) is 24.3 Å². The van der Waals surface area contributed by atoms with Crippen molar-refractivity contribution in [3.63, 3.8) is 0 Å². The van der Waals surface area contributed by atoms with E-state index in [1.807, 2.05) is 0 Å². The summed E-state index contributed by atoms with van der Waals surface area (Å²) in [4.78, 5) is 0. The molecule has 1 aromatic carbocycles. The van der Waals surface area contributed by atoms with E-state index in [1.165, 1.54) is 6.07 Å². The highest BCUT2D eigenvalue weighted by atomic mass is 35.5. The molecule has 0 atom stereocenters. The van der Waals surface area contributed by atoms with E-state index in [2.05, 4.69) is 12.2 Å². The maximum atomic E-state index is 13.8. The van der Waals surface area contributed by atoms with E-state index in [0.29, 0.717) is 12.2 Å². The number of rotatable bonds is 3. The van der Waals surface area contributed by atoms with Crippen molar-refractivity contribution in [2.24, 2.45) is 5.41 Å². The third kappa shape index (κ3) is 2.02. The van der Waals surface area contributed by atoms with Crippen molar-refractivity contribution in [3.8, 4) is 0 Å². The second kappa shape index (κ2) is 3.70. The molecule has 1 aromatic rings. The van der Waals surface area contributed by atoms with Crippen LogP contribution in [0.1, 0.15) is 19.8 Å². The minimum Gasteiger partial charge on any atom is -0.397 e. The summed E-state index contributed by atoms with van der Waals surface area (Å²) in [5.41, 5.74) is 12.2. The van der Waals surface area contributed by atoms with Crippen molar-refractivity contribution in [1.29, 1.82) is 0 Å². The van der Waals surface area contributed by atoms with Crippen LogP contribution in [0.25, 0.3) is 0 Å². The topological polar surface area (TPSA) is 64.1 Å².